The van der Waals surface area contributed by atoms with E-state index in [2.05, 4.69) is 16.7 Å². The summed E-state index contributed by atoms with van der Waals surface area (Å²) < 4.78 is 0. The zero-order valence-corrected chi connectivity index (χ0v) is 14.9. The molecule has 0 radical (unpaired) electrons. The largest absolute Gasteiger partial charge is 0.327 e. The average Bonchev–Trinajstić information content (AvgIpc) is 2.97. The van der Waals surface area contributed by atoms with Gasteiger partial charge in [0.1, 0.15) is 0 Å². The van der Waals surface area contributed by atoms with E-state index in [4.69, 9.17) is 23.2 Å². The molecule has 1 heterocycles. The number of amides is 2. The van der Waals surface area contributed by atoms with E-state index in [-0.39, 0.29) is 12.1 Å². The molecule has 1 unspecified atom stereocenters. The molecule has 0 fully saturated rings. The summed E-state index contributed by atoms with van der Waals surface area (Å²) in [5, 5.41) is 7.35. The molecule has 126 valence electrons. The Kier molecular flexibility index (Phi) is 4.28. The molecule has 2 N–H and O–H groups in total. The first-order chi connectivity index (χ1) is 12.1. The molecule has 0 saturated carbocycles. The van der Waals surface area contributed by atoms with Crippen molar-refractivity contribution >= 4 is 35.3 Å². The van der Waals surface area contributed by atoms with Gasteiger partial charge in [-0.3, -0.25) is 0 Å². The fourth-order valence-corrected chi connectivity index (χ4v) is 3.85. The van der Waals surface area contributed by atoms with E-state index < -0.39 is 0 Å². The standard InChI is InChI=1S/C20H16Cl2N2O/c21-15-5-1-3-12(10-15)9-14-7-8-17-18(23-20(25)24-19(14)17)13-4-2-6-16(22)11-13/h1-6,9-11,18H,7-8H2,(H2,23,24,25)/b14-9-. The van der Waals surface area contributed by atoms with E-state index in [1.54, 1.807) is 0 Å². The predicted octanol–water partition coefficient (Wildman–Crippen LogP) is 5.48. The van der Waals surface area contributed by atoms with E-state index in [0.29, 0.717) is 10.0 Å². The molecule has 1 aliphatic heterocycles. The molecule has 2 aliphatic rings. The van der Waals surface area contributed by atoms with Crippen molar-refractivity contribution in [2.75, 3.05) is 0 Å². The van der Waals surface area contributed by atoms with Crippen LogP contribution in [0.2, 0.25) is 10.0 Å². The lowest BCUT2D eigenvalue weighted by molar-refractivity contribution is 0.239. The van der Waals surface area contributed by atoms with Gasteiger partial charge >= 0.3 is 6.03 Å². The first-order valence-electron chi connectivity index (χ1n) is 8.13. The smallest absolute Gasteiger partial charge is 0.319 e. The van der Waals surface area contributed by atoms with Crippen LogP contribution in [0.1, 0.15) is 30.0 Å². The van der Waals surface area contributed by atoms with Gasteiger partial charge in [0.15, 0.2) is 0 Å². The lowest BCUT2D eigenvalue weighted by atomic mass is 9.96. The Morgan fingerprint density at radius 2 is 1.76 bits per heavy atom. The zero-order chi connectivity index (χ0) is 17.4. The summed E-state index contributed by atoms with van der Waals surface area (Å²) in [4.78, 5) is 12.2. The number of hydrogen-bond donors (Lipinski definition) is 2. The second kappa shape index (κ2) is 6.58. The number of hydrogen-bond acceptors (Lipinski definition) is 1. The topological polar surface area (TPSA) is 41.1 Å². The van der Waals surface area contributed by atoms with Crippen LogP contribution in [0.5, 0.6) is 0 Å². The molecule has 1 atom stereocenters. The molecule has 5 heteroatoms. The molecule has 0 spiro atoms. The SMILES string of the molecule is O=C1NC2=C(CC/C2=C/c2cccc(Cl)c2)C(c2cccc(Cl)c2)N1. The predicted molar refractivity (Wildman–Crippen MR) is 102 cm³/mol. The number of nitrogens with one attached hydrogen (secondary N) is 2. The van der Waals surface area contributed by atoms with Crippen molar-refractivity contribution in [1.29, 1.82) is 0 Å². The van der Waals surface area contributed by atoms with E-state index in [1.165, 1.54) is 5.57 Å². The summed E-state index contributed by atoms with van der Waals surface area (Å²) in [5.74, 6) is 0. The summed E-state index contributed by atoms with van der Waals surface area (Å²) in [6.07, 6.45) is 3.87. The Hall–Kier alpha value is -2.23. The van der Waals surface area contributed by atoms with Gasteiger partial charge < -0.3 is 10.6 Å². The number of carbonyl (C=O) groups is 1. The van der Waals surface area contributed by atoms with Crippen LogP contribution in [0.15, 0.2) is 65.4 Å². The van der Waals surface area contributed by atoms with Crippen LogP contribution < -0.4 is 10.6 Å². The van der Waals surface area contributed by atoms with Crippen LogP contribution >= 0.6 is 23.2 Å². The third-order valence-electron chi connectivity index (χ3n) is 4.54. The first-order valence-corrected chi connectivity index (χ1v) is 8.88. The molecule has 2 aromatic rings. The summed E-state index contributed by atoms with van der Waals surface area (Å²) in [5.41, 5.74) is 5.27. The molecule has 4 rings (SSSR count). The Labute approximate surface area is 156 Å². The fourth-order valence-electron chi connectivity index (χ4n) is 3.46. The molecule has 0 aromatic heterocycles. The molecule has 2 amide bonds. The molecule has 1 aliphatic carbocycles. The van der Waals surface area contributed by atoms with Gasteiger partial charge in [-0.25, -0.2) is 4.79 Å². The maximum Gasteiger partial charge on any atom is 0.319 e. The third-order valence-corrected chi connectivity index (χ3v) is 5.01. The second-order valence-corrected chi connectivity index (χ2v) is 7.08. The molecular weight excluding hydrogens is 355 g/mol. The maximum absolute atomic E-state index is 12.2. The molecule has 0 saturated heterocycles. The number of allylic oxidation sites excluding steroid dienone is 1. The maximum atomic E-state index is 12.2. The lowest BCUT2D eigenvalue weighted by Crippen LogP contribution is -2.43. The van der Waals surface area contributed by atoms with Gasteiger partial charge in [0.05, 0.1) is 6.04 Å². The summed E-state index contributed by atoms with van der Waals surface area (Å²) in [6.45, 7) is 0. The molecule has 2 aromatic carbocycles. The molecule has 3 nitrogen and oxygen atoms in total. The van der Waals surface area contributed by atoms with Gasteiger partial charge in [-0.15, -0.1) is 0 Å². The summed E-state index contributed by atoms with van der Waals surface area (Å²) in [7, 11) is 0. The minimum atomic E-state index is -0.192. The summed E-state index contributed by atoms with van der Waals surface area (Å²) in [6, 6.07) is 15.0. The minimum Gasteiger partial charge on any atom is -0.327 e. The van der Waals surface area contributed by atoms with Gasteiger partial charge in [-0.05, 0) is 65.5 Å². The number of benzene rings is 2. The highest BCUT2D eigenvalue weighted by molar-refractivity contribution is 6.31. The number of rotatable bonds is 2. The minimum absolute atomic E-state index is 0.146. The van der Waals surface area contributed by atoms with Crippen LogP contribution in [0, 0.1) is 0 Å². The molecule has 0 bridgehead atoms. The monoisotopic (exact) mass is 370 g/mol. The van der Waals surface area contributed by atoms with Crippen molar-refractivity contribution in [2.24, 2.45) is 0 Å². The quantitative estimate of drug-likeness (QED) is 0.721. The Balaban J connectivity index is 1.74. The van der Waals surface area contributed by atoms with Crippen molar-refractivity contribution in [2.45, 2.75) is 18.9 Å². The van der Waals surface area contributed by atoms with Crippen LogP contribution in [-0.2, 0) is 0 Å². The van der Waals surface area contributed by atoms with E-state index in [9.17, 15) is 4.79 Å². The van der Waals surface area contributed by atoms with Crippen molar-refractivity contribution in [3.63, 3.8) is 0 Å². The van der Waals surface area contributed by atoms with Gasteiger partial charge in [0.25, 0.3) is 0 Å². The van der Waals surface area contributed by atoms with E-state index >= 15 is 0 Å². The second-order valence-electron chi connectivity index (χ2n) is 6.21. The molecular formula is C20H16Cl2N2O. The lowest BCUT2D eigenvalue weighted by Gasteiger charge is -2.27. The highest BCUT2D eigenvalue weighted by atomic mass is 35.5. The average molecular weight is 371 g/mol. The van der Waals surface area contributed by atoms with Crippen LogP contribution in [-0.4, -0.2) is 6.03 Å². The number of halogens is 2. The van der Waals surface area contributed by atoms with Crippen molar-refractivity contribution < 1.29 is 4.79 Å². The summed E-state index contributed by atoms with van der Waals surface area (Å²) >= 11 is 12.2. The van der Waals surface area contributed by atoms with Crippen LogP contribution in [0.25, 0.3) is 6.08 Å². The van der Waals surface area contributed by atoms with Crippen LogP contribution in [0.3, 0.4) is 0 Å². The number of urea groups is 1. The molecule has 25 heavy (non-hydrogen) atoms. The van der Waals surface area contributed by atoms with Gasteiger partial charge in [0.2, 0.25) is 0 Å². The van der Waals surface area contributed by atoms with Crippen molar-refractivity contribution in [3.8, 4) is 0 Å². The van der Waals surface area contributed by atoms with Gasteiger partial charge in [-0.1, -0.05) is 47.5 Å². The van der Waals surface area contributed by atoms with Gasteiger partial charge in [0, 0.05) is 15.7 Å². The highest BCUT2D eigenvalue weighted by Gasteiger charge is 2.33. The zero-order valence-electron chi connectivity index (χ0n) is 13.4. The van der Waals surface area contributed by atoms with E-state index in [1.807, 2.05) is 48.5 Å². The van der Waals surface area contributed by atoms with Crippen molar-refractivity contribution in [3.05, 3.63) is 86.5 Å². The Morgan fingerprint density at radius 3 is 2.52 bits per heavy atom. The normalized spacial score (nSPS) is 21.1. The van der Waals surface area contributed by atoms with Crippen molar-refractivity contribution in [1.82, 2.24) is 10.6 Å². The first kappa shape index (κ1) is 16.2. The fraction of sp³-hybridized carbons (Fsp3) is 0.150. The highest BCUT2D eigenvalue weighted by Crippen LogP contribution is 2.40. The van der Waals surface area contributed by atoms with E-state index in [0.717, 1.165) is 35.2 Å². The van der Waals surface area contributed by atoms with Gasteiger partial charge in [-0.2, -0.15) is 0 Å². The van der Waals surface area contributed by atoms with Crippen LogP contribution in [0.4, 0.5) is 4.79 Å². The Morgan fingerprint density at radius 1 is 1.00 bits per heavy atom. The third kappa shape index (κ3) is 3.30. The Bertz CT molecular complexity index is 917. The number of carbonyl (C=O) groups excluding carboxylic acids is 1.